The lowest BCUT2D eigenvalue weighted by Crippen LogP contribution is -2.72. The molecule has 0 N–H and O–H groups in total. The molecule has 1 aliphatic heterocycles. The van der Waals surface area contributed by atoms with Gasteiger partial charge in [-0.1, -0.05) is 30.3 Å². The molecule has 2 rings (SSSR count). The molecule has 0 saturated carbocycles. The number of nitrogens with zero attached hydrogens (tertiary/aromatic N) is 1. The second-order valence-electron chi connectivity index (χ2n) is 7.64. The van der Waals surface area contributed by atoms with Gasteiger partial charge in [-0.05, 0) is 5.56 Å². The molecule has 13 heteroatoms. The van der Waals surface area contributed by atoms with Crippen LogP contribution < -0.4 is 0 Å². The molecular weight excluding hydrogens is 482 g/mol. The number of ether oxygens (including phenoxy) is 6. The lowest BCUT2D eigenvalue weighted by Gasteiger charge is -2.48. The fourth-order valence-electron chi connectivity index (χ4n) is 3.64. The smallest absolute Gasteiger partial charge is 0.414 e. The van der Waals surface area contributed by atoms with Gasteiger partial charge in [-0.2, -0.15) is 0 Å². The molecule has 196 valence electrons. The Morgan fingerprint density at radius 1 is 0.722 bits per heavy atom. The van der Waals surface area contributed by atoms with Gasteiger partial charge in [0.1, 0.15) is 6.61 Å². The molecular formula is C23H27NO12. The Hall–Kier alpha value is -4.16. The van der Waals surface area contributed by atoms with Gasteiger partial charge in [0.05, 0.1) is 7.11 Å². The maximum Gasteiger partial charge on any atom is 0.414 e. The van der Waals surface area contributed by atoms with Crippen LogP contribution in [0.1, 0.15) is 33.3 Å². The van der Waals surface area contributed by atoms with Gasteiger partial charge in [0.2, 0.25) is 6.23 Å². The average Bonchev–Trinajstić information content (AvgIpc) is 2.79. The maximum absolute atomic E-state index is 13.3. The van der Waals surface area contributed by atoms with E-state index >= 15 is 0 Å². The third kappa shape index (κ3) is 7.17. The van der Waals surface area contributed by atoms with Gasteiger partial charge >= 0.3 is 35.9 Å². The summed E-state index contributed by atoms with van der Waals surface area (Å²) in [6.45, 7) is 3.80. The van der Waals surface area contributed by atoms with Crippen LogP contribution in [0.4, 0.5) is 4.79 Å². The van der Waals surface area contributed by atoms with E-state index in [4.69, 9.17) is 28.4 Å². The average molecular weight is 509 g/mol. The minimum absolute atomic E-state index is 0.249. The maximum atomic E-state index is 13.3. The zero-order valence-electron chi connectivity index (χ0n) is 20.3. The van der Waals surface area contributed by atoms with Gasteiger partial charge in [0.15, 0.2) is 24.4 Å². The quantitative estimate of drug-likeness (QED) is 0.377. The van der Waals surface area contributed by atoms with Crippen molar-refractivity contribution in [1.29, 1.82) is 0 Å². The van der Waals surface area contributed by atoms with E-state index in [1.54, 1.807) is 30.3 Å². The highest BCUT2D eigenvalue weighted by atomic mass is 16.6. The molecule has 1 saturated heterocycles. The molecule has 1 aromatic rings. The third-order valence-corrected chi connectivity index (χ3v) is 4.87. The van der Waals surface area contributed by atoms with Gasteiger partial charge in [-0.3, -0.25) is 24.1 Å². The number of carbonyl (C=O) groups excluding carboxylic acids is 6. The van der Waals surface area contributed by atoms with Crippen LogP contribution in [0, 0.1) is 0 Å². The number of likely N-dealkylation sites (tertiary alicyclic amines) is 1. The summed E-state index contributed by atoms with van der Waals surface area (Å²) in [5, 5.41) is 0. The zero-order chi connectivity index (χ0) is 27.0. The summed E-state index contributed by atoms with van der Waals surface area (Å²) in [7, 11) is 1.00. The van der Waals surface area contributed by atoms with Crippen LogP contribution in [0.15, 0.2) is 30.3 Å². The number of piperidine rings is 1. The summed E-state index contributed by atoms with van der Waals surface area (Å²) in [6.07, 6.45) is -8.11. The third-order valence-electron chi connectivity index (χ3n) is 4.87. The van der Waals surface area contributed by atoms with Crippen molar-refractivity contribution in [1.82, 2.24) is 4.90 Å². The fraction of sp³-hybridized carbons (Fsp3) is 0.478. The Labute approximate surface area is 206 Å². The Morgan fingerprint density at radius 3 is 1.72 bits per heavy atom. The number of esters is 5. The van der Waals surface area contributed by atoms with Crippen molar-refractivity contribution >= 4 is 35.9 Å². The van der Waals surface area contributed by atoms with Crippen molar-refractivity contribution in [3.8, 4) is 0 Å². The molecule has 13 nitrogen and oxygen atoms in total. The molecule has 0 radical (unpaired) electrons. The lowest BCUT2D eigenvalue weighted by molar-refractivity contribution is -0.244. The molecule has 1 heterocycles. The Morgan fingerprint density at radius 2 is 1.22 bits per heavy atom. The van der Waals surface area contributed by atoms with Crippen molar-refractivity contribution in [3.05, 3.63) is 35.9 Å². The number of amides is 1. The van der Waals surface area contributed by atoms with E-state index in [1.807, 2.05) is 0 Å². The van der Waals surface area contributed by atoms with E-state index < -0.39 is 66.5 Å². The number of hydrogen-bond acceptors (Lipinski definition) is 12. The van der Waals surface area contributed by atoms with E-state index in [1.165, 1.54) is 0 Å². The van der Waals surface area contributed by atoms with E-state index in [9.17, 15) is 28.8 Å². The van der Waals surface area contributed by atoms with Crippen LogP contribution >= 0.6 is 0 Å². The summed E-state index contributed by atoms with van der Waals surface area (Å²) >= 11 is 0. The molecule has 0 aliphatic carbocycles. The van der Waals surface area contributed by atoms with Crippen molar-refractivity contribution < 1.29 is 57.2 Å². The van der Waals surface area contributed by atoms with E-state index in [0.29, 0.717) is 10.5 Å². The molecule has 1 aromatic carbocycles. The number of benzene rings is 1. The second-order valence-corrected chi connectivity index (χ2v) is 7.64. The molecule has 1 amide bonds. The minimum atomic E-state index is -1.82. The van der Waals surface area contributed by atoms with Gasteiger partial charge in [-0.15, -0.1) is 0 Å². The molecule has 0 unspecified atom stereocenters. The summed E-state index contributed by atoms with van der Waals surface area (Å²) in [5.41, 5.74) is 0.590. The van der Waals surface area contributed by atoms with Crippen LogP contribution in [0.3, 0.4) is 0 Å². The first-order valence-corrected chi connectivity index (χ1v) is 10.7. The van der Waals surface area contributed by atoms with E-state index in [0.717, 1.165) is 34.8 Å². The SMILES string of the molecule is COC(=O)[C@@H]1[C@@H](OC(C)=O)[C@@H](OC(C)=O)[C@@H](OC(C)=O)[C@@H](OC(C)=O)N1C(=O)OCc1ccccc1. The highest BCUT2D eigenvalue weighted by molar-refractivity contribution is 5.84. The van der Waals surface area contributed by atoms with Crippen molar-refractivity contribution in [2.24, 2.45) is 0 Å². The molecule has 0 aromatic heterocycles. The highest BCUT2D eigenvalue weighted by Crippen LogP contribution is 2.33. The summed E-state index contributed by atoms with van der Waals surface area (Å²) in [5.74, 6) is -4.79. The summed E-state index contributed by atoms with van der Waals surface area (Å²) < 4.78 is 31.1. The van der Waals surface area contributed by atoms with E-state index in [2.05, 4.69) is 0 Å². The highest BCUT2D eigenvalue weighted by Gasteiger charge is 2.61. The first-order valence-electron chi connectivity index (χ1n) is 10.7. The molecule has 1 fully saturated rings. The van der Waals surface area contributed by atoms with Crippen LogP contribution in [0.2, 0.25) is 0 Å². The topological polar surface area (TPSA) is 161 Å². The first kappa shape index (κ1) is 28.1. The minimum Gasteiger partial charge on any atom is -0.467 e. The standard InChI is InChI=1S/C23H27NO12/c1-12(25)33-18-17(22(29)31-5)24(23(30)32-11-16-9-7-6-8-10-16)21(36-15(4)28)20(35-14(3)27)19(18)34-13(2)26/h6-10,17-21H,11H2,1-5H3/t17-,18+,19+,20+,21+/m0/s1. The van der Waals surface area contributed by atoms with Gasteiger partial charge in [0.25, 0.3) is 0 Å². The van der Waals surface area contributed by atoms with Crippen molar-refractivity contribution in [2.45, 2.75) is 64.9 Å². The zero-order valence-corrected chi connectivity index (χ0v) is 20.3. The Kier molecular flexibility index (Phi) is 9.76. The normalized spacial score (nSPS) is 23.0. The Balaban J connectivity index is 2.64. The van der Waals surface area contributed by atoms with E-state index in [-0.39, 0.29) is 6.61 Å². The van der Waals surface area contributed by atoms with Crippen LogP contribution in [0.5, 0.6) is 0 Å². The number of rotatable bonds is 7. The monoisotopic (exact) mass is 509 g/mol. The first-order chi connectivity index (χ1) is 17.0. The largest absolute Gasteiger partial charge is 0.467 e. The Bertz CT molecular complexity index is 994. The number of carbonyl (C=O) groups is 6. The summed E-state index contributed by atoms with van der Waals surface area (Å²) in [4.78, 5) is 74.5. The predicted octanol–water partition coefficient (Wildman–Crippen LogP) is 0.865. The van der Waals surface area contributed by atoms with Crippen molar-refractivity contribution in [2.75, 3.05) is 7.11 Å². The van der Waals surface area contributed by atoms with Crippen LogP contribution in [-0.4, -0.2) is 78.5 Å². The number of hydrogen-bond donors (Lipinski definition) is 0. The molecule has 0 spiro atoms. The summed E-state index contributed by atoms with van der Waals surface area (Å²) in [6, 6.07) is 6.70. The molecule has 5 atom stereocenters. The van der Waals surface area contributed by atoms with Crippen LogP contribution in [0.25, 0.3) is 0 Å². The predicted molar refractivity (Wildman–Crippen MR) is 116 cm³/mol. The second kappa shape index (κ2) is 12.5. The fourth-order valence-corrected chi connectivity index (χ4v) is 3.64. The molecule has 1 aliphatic rings. The van der Waals surface area contributed by atoms with Crippen molar-refractivity contribution in [3.63, 3.8) is 0 Å². The van der Waals surface area contributed by atoms with Crippen LogP contribution in [-0.2, 0) is 59.0 Å². The van der Waals surface area contributed by atoms with Gasteiger partial charge in [-0.25, -0.2) is 9.59 Å². The van der Waals surface area contributed by atoms with Gasteiger partial charge in [0, 0.05) is 27.7 Å². The molecule has 0 bridgehead atoms. The lowest BCUT2D eigenvalue weighted by atomic mass is 9.91. The van der Waals surface area contributed by atoms with Gasteiger partial charge < -0.3 is 28.4 Å². The molecule has 36 heavy (non-hydrogen) atoms. The number of methoxy groups -OCH3 is 1.